The van der Waals surface area contributed by atoms with E-state index in [1.165, 1.54) is 0 Å². The molecule has 2 aromatic heterocycles. The molecule has 3 aromatic rings. The van der Waals surface area contributed by atoms with Crippen LogP contribution in [-0.4, -0.2) is 15.1 Å². The maximum absolute atomic E-state index is 9.57. The minimum Gasteiger partial charge on any atom is -0.389 e. The number of hydrogen-bond acceptors (Lipinski definition) is 2. The maximum atomic E-state index is 9.57. The number of aliphatic hydroxyl groups excluding tert-OH is 1. The second-order valence-corrected chi connectivity index (χ2v) is 4.03. The van der Waals surface area contributed by atoms with Gasteiger partial charge in [-0.05, 0) is 30.7 Å². The summed E-state index contributed by atoms with van der Waals surface area (Å²) >= 11 is 0. The molecule has 1 atom stereocenters. The number of rotatable bonds is 1. The van der Waals surface area contributed by atoms with Crippen molar-refractivity contribution in [3.05, 3.63) is 42.2 Å². The molecule has 0 aliphatic rings. The van der Waals surface area contributed by atoms with Crippen molar-refractivity contribution in [1.29, 1.82) is 0 Å². The number of aromatic amines is 1. The Morgan fingerprint density at radius 1 is 1.19 bits per heavy atom. The summed E-state index contributed by atoms with van der Waals surface area (Å²) in [4.78, 5) is 7.39. The van der Waals surface area contributed by atoms with Crippen LogP contribution in [0.3, 0.4) is 0 Å². The van der Waals surface area contributed by atoms with E-state index in [0.717, 1.165) is 27.4 Å². The third-order valence-electron chi connectivity index (χ3n) is 2.91. The van der Waals surface area contributed by atoms with Gasteiger partial charge in [-0.15, -0.1) is 0 Å². The first-order valence-electron chi connectivity index (χ1n) is 5.29. The van der Waals surface area contributed by atoms with Crippen LogP contribution < -0.4 is 0 Å². The summed E-state index contributed by atoms with van der Waals surface area (Å²) in [5, 5.41) is 11.9. The highest BCUT2D eigenvalue weighted by atomic mass is 16.3. The molecule has 80 valence electrons. The van der Waals surface area contributed by atoms with Gasteiger partial charge in [-0.1, -0.05) is 6.07 Å². The lowest BCUT2D eigenvalue weighted by Crippen LogP contribution is -1.89. The normalized spacial score (nSPS) is 13.4. The molecule has 0 radical (unpaired) electrons. The van der Waals surface area contributed by atoms with Gasteiger partial charge in [-0.25, -0.2) is 0 Å². The average molecular weight is 212 g/mol. The molecule has 0 spiro atoms. The number of hydrogen-bond donors (Lipinski definition) is 2. The third-order valence-corrected chi connectivity index (χ3v) is 2.91. The molecule has 0 amide bonds. The van der Waals surface area contributed by atoms with Gasteiger partial charge in [0.25, 0.3) is 0 Å². The molecule has 0 saturated heterocycles. The second kappa shape index (κ2) is 3.32. The number of aromatic nitrogens is 2. The molecule has 3 nitrogen and oxygen atoms in total. The summed E-state index contributed by atoms with van der Waals surface area (Å²) in [6.45, 7) is 1.78. The minimum absolute atomic E-state index is 0.434. The van der Waals surface area contributed by atoms with Crippen molar-refractivity contribution in [3.8, 4) is 0 Å². The van der Waals surface area contributed by atoms with E-state index in [-0.39, 0.29) is 0 Å². The van der Waals surface area contributed by atoms with Crippen molar-refractivity contribution in [2.24, 2.45) is 0 Å². The van der Waals surface area contributed by atoms with Crippen molar-refractivity contribution in [2.75, 3.05) is 0 Å². The van der Waals surface area contributed by atoms with Crippen molar-refractivity contribution in [2.45, 2.75) is 13.0 Å². The number of pyridine rings is 1. The summed E-state index contributed by atoms with van der Waals surface area (Å²) in [6.07, 6.45) is 3.17. The zero-order valence-electron chi connectivity index (χ0n) is 8.94. The van der Waals surface area contributed by atoms with E-state index in [0.29, 0.717) is 0 Å². The number of benzene rings is 1. The Morgan fingerprint density at radius 3 is 2.88 bits per heavy atom. The lowest BCUT2D eigenvalue weighted by atomic mass is 10.1. The molecule has 0 aliphatic heterocycles. The second-order valence-electron chi connectivity index (χ2n) is 4.03. The van der Waals surface area contributed by atoms with Gasteiger partial charge in [0.05, 0.1) is 17.8 Å². The van der Waals surface area contributed by atoms with Crippen LogP contribution in [0.4, 0.5) is 0 Å². The monoisotopic (exact) mass is 212 g/mol. The lowest BCUT2D eigenvalue weighted by molar-refractivity contribution is 0.199. The molecular formula is C13H12N2O. The van der Waals surface area contributed by atoms with Gasteiger partial charge in [0, 0.05) is 22.5 Å². The standard InChI is InChI=1S/C13H12N2O/c1-8(16)9-2-3-12-11(6-9)10-4-5-14-7-13(10)15-12/h2-8,15-16H,1H3. The Kier molecular flexibility index (Phi) is 1.94. The van der Waals surface area contributed by atoms with Crippen LogP contribution in [0.5, 0.6) is 0 Å². The van der Waals surface area contributed by atoms with E-state index < -0.39 is 6.10 Å². The fraction of sp³-hybridized carbons (Fsp3) is 0.154. The van der Waals surface area contributed by atoms with Crippen molar-refractivity contribution >= 4 is 21.8 Å². The van der Waals surface area contributed by atoms with E-state index in [4.69, 9.17) is 0 Å². The van der Waals surface area contributed by atoms with E-state index in [9.17, 15) is 5.11 Å². The molecule has 0 bridgehead atoms. The summed E-state index contributed by atoms with van der Waals surface area (Å²) in [5.74, 6) is 0. The summed E-state index contributed by atoms with van der Waals surface area (Å²) < 4.78 is 0. The Balaban J connectivity index is 2.40. The molecule has 3 heteroatoms. The van der Waals surface area contributed by atoms with Crippen LogP contribution in [0.2, 0.25) is 0 Å². The van der Waals surface area contributed by atoms with Gasteiger partial charge in [-0.3, -0.25) is 4.98 Å². The Hall–Kier alpha value is -1.87. The molecule has 2 N–H and O–H groups in total. The van der Waals surface area contributed by atoms with Gasteiger partial charge in [0.15, 0.2) is 0 Å². The highest BCUT2D eigenvalue weighted by Crippen LogP contribution is 2.27. The predicted molar refractivity (Wildman–Crippen MR) is 64.2 cm³/mol. The fourth-order valence-corrected chi connectivity index (χ4v) is 2.03. The van der Waals surface area contributed by atoms with Gasteiger partial charge < -0.3 is 10.1 Å². The van der Waals surface area contributed by atoms with Gasteiger partial charge in [0.2, 0.25) is 0 Å². The average Bonchev–Trinajstić information content (AvgIpc) is 2.66. The van der Waals surface area contributed by atoms with Crippen LogP contribution in [-0.2, 0) is 0 Å². The van der Waals surface area contributed by atoms with Gasteiger partial charge in [0.1, 0.15) is 0 Å². The number of nitrogens with one attached hydrogen (secondary N) is 1. The SMILES string of the molecule is CC(O)c1ccc2[nH]c3cnccc3c2c1. The molecule has 2 heterocycles. The fourth-order valence-electron chi connectivity index (χ4n) is 2.03. The number of nitrogens with zero attached hydrogens (tertiary/aromatic N) is 1. The van der Waals surface area contributed by atoms with Gasteiger partial charge >= 0.3 is 0 Å². The Labute approximate surface area is 92.7 Å². The van der Waals surface area contributed by atoms with Gasteiger partial charge in [-0.2, -0.15) is 0 Å². The summed E-state index contributed by atoms with van der Waals surface area (Å²) in [6, 6.07) is 7.95. The number of fused-ring (bicyclic) bond motifs is 3. The number of H-pyrrole nitrogens is 1. The summed E-state index contributed by atoms with van der Waals surface area (Å²) in [7, 11) is 0. The van der Waals surface area contributed by atoms with Crippen molar-refractivity contribution in [3.63, 3.8) is 0 Å². The predicted octanol–water partition coefficient (Wildman–Crippen LogP) is 2.77. The van der Waals surface area contributed by atoms with Crippen LogP contribution in [0.15, 0.2) is 36.7 Å². The third kappa shape index (κ3) is 1.29. The van der Waals surface area contributed by atoms with Crippen molar-refractivity contribution < 1.29 is 5.11 Å². The van der Waals surface area contributed by atoms with Crippen LogP contribution in [0.25, 0.3) is 21.8 Å². The highest BCUT2D eigenvalue weighted by molar-refractivity contribution is 6.07. The molecule has 0 aliphatic carbocycles. The molecule has 1 unspecified atom stereocenters. The van der Waals surface area contributed by atoms with E-state index in [1.54, 1.807) is 13.1 Å². The van der Waals surface area contributed by atoms with Crippen molar-refractivity contribution in [1.82, 2.24) is 9.97 Å². The summed E-state index contributed by atoms with van der Waals surface area (Å²) in [5.41, 5.74) is 3.04. The van der Waals surface area contributed by atoms with Crippen LogP contribution in [0.1, 0.15) is 18.6 Å². The zero-order chi connectivity index (χ0) is 11.1. The molecule has 16 heavy (non-hydrogen) atoms. The van der Waals surface area contributed by atoms with E-state index >= 15 is 0 Å². The number of aliphatic hydroxyl groups is 1. The Morgan fingerprint density at radius 2 is 2.06 bits per heavy atom. The molecule has 1 aromatic carbocycles. The first-order valence-corrected chi connectivity index (χ1v) is 5.29. The highest BCUT2D eigenvalue weighted by Gasteiger charge is 2.06. The van der Waals surface area contributed by atoms with E-state index in [1.807, 2.05) is 30.5 Å². The molecule has 0 saturated carbocycles. The maximum Gasteiger partial charge on any atom is 0.0762 e. The first kappa shape index (κ1) is 9.36. The van der Waals surface area contributed by atoms with Crippen LogP contribution >= 0.6 is 0 Å². The molecule has 3 rings (SSSR count). The first-order chi connectivity index (χ1) is 7.75. The lowest BCUT2D eigenvalue weighted by Gasteiger charge is -2.03. The quantitative estimate of drug-likeness (QED) is 0.651. The van der Waals surface area contributed by atoms with Crippen LogP contribution in [0, 0.1) is 0 Å². The molecular weight excluding hydrogens is 200 g/mol. The molecule has 0 fully saturated rings. The topological polar surface area (TPSA) is 48.9 Å². The Bertz CT molecular complexity index is 655. The smallest absolute Gasteiger partial charge is 0.0762 e. The van der Waals surface area contributed by atoms with E-state index in [2.05, 4.69) is 9.97 Å². The minimum atomic E-state index is -0.434. The zero-order valence-corrected chi connectivity index (χ0v) is 8.94. The largest absolute Gasteiger partial charge is 0.389 e.